The van der Waals surface area contributed by atoms with E-state index in [9.17, 15) is 19.7 Å². The maximum atomic E-state index is 11.3. The van der Waals surface area contributed by atoms with E-state index in [0.29, 0.717) is 4.47 Å². The molecule has 0 atom stereocenters. The summed E-state index contributed by atoms with van der Waals surface area (Å²) >= 11 is 3.07. The average molecular weight is 333 g/mol. The standard InChI is InChI=1S/C9H9BrN4O5/c10-5-1-11-2-6(14(18)19)9(5)13-3-7(15)12-4-8(16)17/h1-2H,3-4H2,(H,11,13)(H,12,15)(H,16,17). The van der Waals surface area contributed by atoms with Gasteiger partial charge in [-0.25, -0.2) is 0 Å². The van der Waals surface area contributed by atoms with Crippen LogP contribution in [0.1, 0.15) is 0 Å². The third-order valence-corrected chi connectivity index (χ3v) is 2.54. The molecule has 1 aromatic heterocycles. The number of carboxylic acid groups (broad SMARTS) is 1. The summed E-state index contributed by atoms with van der Waals surface area (Å²) in [4.78, 5) is 35.3. The first kappa shape index (κ1) is 14.8. The Hall–Kier alpha value is -2.23. The number of pyridine rings is 1. The quantitative estimate of drug-likeness (QED) is 0.505. The number of rotatable bonds is 6. The van der Waals surface area contributed by atoms with E-state index in [-0.39, 0.29) is 17.9 Å². The Bertz CT molecular complexity index is 521. The molecule has 0 aliphatic carbocycles. The lowest BCUT2D eigenvalue weighted by molar-refractivity contribution is -0.384. The molecular formula is C9H9BrN4O5. The number of anilines is 1. The SMILES string of the molecule is O=C(O)CNC(=O)CNc1c(Br)cncc1[N+](=O)[O-]. The van der Waals surface area contributed by atoms with Gasteiger partial charge in [-0.3, -0.25) is 24.7 Å². The Labute approximate surface area is 115 Å². The van der Waals surface area contributed by atoms with Gasteiger partial charge in [-0.15, -0.1) is 0 Å². The molecule has 0 unspecified atom stereocenters. The van der Waals surface area contributed by atoms with Crippen LogP contribution in [0.15, 0.2) is 16.9 Å². The Morgan fingerprint density at radius 3 is 2.68 bits per heavy atom. The van der Waals surface area contributed by atoms with Crippen molar-refractivity contribution in [2.24, 2.45) is 0 Å². The molecule has 0 fully saturated rings. The minimum Gasteiger partial charge on any atom is -0.480 e. The predicted molar refractivity (Wildman–Crippen MR) is 67.7 cm³/mol. The fourth-order valence-corrected chi connectivity index (χ4v) is 1.61. The molecule has 0 saturated carbocycles. The summed E-state index contributed by atoms with van der Waals surface area (Å²) in [6, 6.07) is 0. The Morgan fingerprint density at radius 2 is 2.11 bits per heavy atom. The van der Waals surface area contributed by atoms with Gasteiger partial charge in [0, 0.05) is 6.20 Å². The first-order chi connectivity index (χ1) is 8.91. The second-order valence-corrected chi connectivity index (χ2v) is 4.15. The number of carboxylic acids is 1. The van der Waals surface area contributed by atoms with Gasteiger partial charge in [0.05, 0.1) is 15.9 Å². The zero-order chi connectivity index (χ0) is 14.4. The molecule has 0 aromatic carbocycles. The van der Waals surface area contributed by atoms with E-state index in [1.807, 2.05) is 0 Å². The van der Waals surface area contributed by atoms with Crippen molar-refractivity contribution < 1.29 is 19.6 Å². The topological polar surface area (TPSA) is 134 Å². The molecular weight excluding hydrogens is 324 g/mol. The zero-order valence-electron chi connectivity index (χ0n) is 9.42. The van der Waals surface area contributed by atoms with Gasteiger partial charge in [0.25, 0.3) is 0 Å². The van der Waals surface area contributed by atoms with Crippen LogP contribution in [0.4, 0.5) is 11.4 Å². The van der Waals surface area contributed by atoms with Crippen LogP contribution < -0.4 is 10.6 Å². The van der Waals surface area contributed by atoms with Crippen LogP contribution in [-0.2, 0) is 9.59 Å². The summed E-state index contributed by atoms with van der Waals surface area (Å²) in [5, 5.41) is 23.8. The number of nitro groups is 1. The fraction of sp³-hybridized carbons (Fsp3) is 0.222. The molecule has 0 saturated heterocycles. The monoisotopic (exact) mass is 332 g/mol. The summed E-state index contributed by atoms with van der Waals surface area (Å²) < 4.78 is 0.327. The van der Waals surface area contributed by atoms with E-state index in [1.165, 1.54) is 6.20 Å². The van der Waals surface area contributed by atoms with E-state index in [1.54, 1.807) is 0 Å². The normalized spacial score (nSPS) is 9.74. The third kappa shape index (κ3) is 4.50. The van der Waals surface area contributed by atoms with Gasteiger partial charge in [-0.1, -0.05) is 0 Å². The van der Waals surface area contributed by atoms with Gasteiger partial charge in [0.1, 0.15) is 18.4 Å². The van der Waals surface area contributed by atoms with Gasteiger partial charge >= 0.3 is 11.7 Å². The van der Waals surface area contributed by atoms with Crippen LogP contribution in [0.25, 0.3) is 0 Å². The molecule has 0 aliphatic rings. The number of aromatic nitrogens is 1. The Balaban J connectivity index is 2.70. The highest BCUT2D eigenvalue weighted by molar-refractivity contribution is 9.10. The number of carbonyl (C=O) groups is 2. The number of aliphatic carboxylic acids is 1. The van der Waals surface area contributed by atoms with E-state index in [0.717, 1.165) is 6.20 Å². The van der Waals surface area contributed by atoms with Crippen molar-refractivity contribution in [3.8, 4) is 0 Å². The van der Waals surface area contributed by atoms with Gasteiger partial charge in [-0.05, 0) is 15.9 Å². The van der Waals surface area contributed by atoms with Crippen LogP contribution in [0.5, 0.6) is 0 Å². The van der Waals surface area contributed by atoms with E-state index in [4.69, 9.17) is 5.11 Å². The van der Waals surface area contributed by atoms with E-state index < -0.39 is 23.3 Å². The van der Waals surface area contributed by atoms with Gasteiger partial charge in [0.2, 0.25) is 5.91 Å². The number of carbonyl (C=O) groups excluding carboxylic acids is 1. The molecule has 1 aromatic rings. The molecule has 0 aliphatic heterocycles. The molecule has 0 radical (unpaired) electrons. The smallest absolute Gasteiger partial charge is 0.322 e. The number of halogens is 1. The lowest BCUT2D eigenvalue weighted by Gasteiger charge is -2.08. The summed E-state index contributed by atoms with van der Waals surface area (Å²) in [5.74, 6) is -1.77. The first-order valence-corrected chi connectivity index (χ1v) is 5.71. The Morgan fingerprint density at radius 1 is 1.42 bits per heavy atom. The average Bonchev–Trinajstić information content (AvgIpc) is 2.34. The Kier molecular flexibility index (Phi) is 5.18. The minimum atomic E-state index is -1.18. The maximum absolute atomic E-state index is 11.3. The first-order valence-electron chi connectivity index (χ1n) is 4.92. The summed E-state index contributed by atoms with van der Waals surface area (Å²) in [6.07, 6.45) is 2.38. The number of nitrogens with zero attached hydrogens (tertiary/aromatic N) is 2. The van der Waals surface area contributed by atoms with Crippen LogP contribution in [0, 0.1) is 10.1 Å². The number of hydrogen-bond donors (Lipinski definition) is 3. The lowest BCUT2D eigenvalue weighted by atomic mass is 10.3. The number of hydrogen-bond acceptors (Lipinski definition) is 6. The van der Waals surface area contributed by atoms with Crippen molar-refractivity contribution in [3.05, 3.63) is 27.0 Å². The second kappa shape index (κ2) is 6.64. The summed E-state index contributed by atoms with van der Waals surface area (Å²) in [6.45, 7) is -0.809. The molecule has 1 amide bonds. The lowest BCUT2D eigenvalue weighted by Crippen LogP contribution is -2.34. The van der Waals surface area contributed by atoms with Crippen molar-refractivity contribution in [2.45, 2.75) is 0 Å². The van der Waals surface area contributed by atoms with Crippen molar-refractivity contribution in [2.75, 3.05) is 18.4 Å². The highest BCUT2D eigenvalue weighted by Crippen LogP contribution is 2.30. The zero-order valence-corrected chi connectivity index (χ0v) is 11.0. The largest absolute Gasteiger partial charge is 0.480 e. The molecule has 19 heavy (non-hydrogen) atoms. The van der Waals surface area contributed by atoms with E-state index >= 15 is 0 Å². The highest BCUT2D eigenvalue weighted by Gasteiger charge is 2.17. The molecule has 1 heterocycles. The summed E-state index contributed by atoms with van der Waals surface area (Å²) in [5.41, 5.74) is -0.189. The molecule has 0 bridgehead atoms. The van der Waals surface area contributed by atoms with Crippen molar-refractivity contribution >= 4 is 39.2 Å². The van der Waals surface area contributed by atoms with Crippen molar-refractivity contribution in [3.63, 3.8) is 0 Å². The molecule has 9 nitrogen and oxygen atoms in total. The van der Waals surface area contributed by atoms with Crippen molar-refractivity contribution in [1.29, 1.82) is 0 Å². The van der Waals surface area contributed by atoms with Crippen LogP contribution >= 0.6 is 15.9 Å². The molecule has 102 valence electrons. The molecule has 1 rings (SSSR count). The van der Waals surface area contributed by atoms with Gasteiger partial charge in [0.15, 0.2) is 0 Å². The number of amides is 1. The van der Waals surface area contributed by atoms with Crippen LogP contribution in [0.2, 0.25) is 0 Å². The molecule has 10 heteroatoms. The summed E-state index contributed by atoms with van der Waals surface area (Å²) in [7, 11) is 0. The highest BCUT2D eigenvalue weighted by atomic mass is 79.9. The minimum absolute atomic E-state index is 0.102. The predicted octanol–water partition coefficient (Wildman–Crippen LogP) is 0.365. The van der Waals surface area contributed by atoms with Gasteiger partial charge < -0.3 is 15.7 Å². The maximum Gasteiger partial charge on any atom is 0.322 e. The third-order valence-electron chi connectivity index (χ3n) is 1.94. The molecule has 0 spiro atoms. The van der Waals surface area contributed by atoms with Crippen molar-refractivity contribution in [1.82, 2.24) is 10.3 Å². The fourth-order valence-electron chi connectivity index (χ4n) is 1.14. The number of nitrogens with one attached hydrogen (secondary N) is 2. The van der Waals surface area contributed by atoms with Gasteiger partial charge in [-0.2, -0.15) is 0 Å². The second-order valence-electron chi connectivity index (χ2n) is 3.30. The van der Waals surface area contributed by atoms with Crippen LogP contribution in [-0.4, -0.2) is 40.0 Å². The van der Waals surface area contributed by atoms with E-state index in [2.05, 4.69) is 31.5 Å². The molecule has 3 N–H and O–H groups in total. The van der Waals surface area contributed by atoms with Crippen LogP contribution in [0.3, 0.4) is 0 Å².